The summed E-state index contributed by atoms with van der Waals surface area (Å²) in [4.78, 5) is 2.22. The van der Waals surface area contributed by atoms with Crippen molar-refractivity contribution in [1.82, 2.24) is 4.90 Å². The highest BCUT2D eigenvalue weighted by atomic mass is 16.5. The average molecular weight is 251 g/mol. The fourth-order valence-electron chi connectivity index (χ4n) is 1.63. The summed E-state index contributed by atoms with van der Waals surface area (Å²) in [6.45, 7) is 6.14. The van der Waals surface area contributed by atoms with E-state index < -0.39 is 0 Å². The van der Waals surface area contributed by atoms with Crippen LogP contribution < -0.4 is 4.74 Å². The van der Waals surface area contributed by atoms with Crippen LogP contribution in [0.3, 0.4) is 0 Å². The molecule has 0 amide bonds. The van der Waals surface area contributed by atoms with E-state index in [1.807, 2.05) is 12.1 Å². The van der Waals surface area contributed by atoms with Gasteiger partial charge in [-0.05, 0) is 33.2 Å². The number of aryl methyl sites for hydroxylation is 1. The van der Waals surface area contributed by atoms with Gasteiger partial charge in [-0.25, -0.2) is 0 Å². The Hall–Kier alpha value is -1.06. The molecule has 0 aromatic heterocycles. The quantitative estimate of drug-likeness (QED) is 0.687. The zero-order valence-electron chi connectivity index (χ0n) is 12.4. The topological polar surface area (TPSA) is 12.5 Å². The van der Waals surface area contributed by atoms with E-state index in [0.717, 1.165) is 36.5 Å². The molecule has 3 heteroatoms. The molecule has 0 saturated carbocycles. The SMILES string of the molecule is Cc1ccc(OCC[N+](C)(C)CCN(C)C)cc1. The van der Waals surface area contributed by atoms with Crippen LogP contribution in [0, 0.1) is 6.92 Å². The van der Waals surface area contributed by atoms with Crippen molar-refractivity contribution < 1.29 is 9.22 Å². The van der Waals surface area contributed by atoms with Gasteiger partial charge < -0.3 is 14.1 Å². The minimum Gasteiger partial charge on any atom is -0.488 e. The molecule has 0 heterocycles. The molecule has 0 unspecified atom stereocenters. The standard InChI is InChI=1S/C15H27N2O/c1-14-6-8-15(9-7-14)18-13-12-17(4,5)11-10-16(2)3/h6-9H,10-13H2,1-5H3/q+1. The molecule has 1 rings (SSSR count). The van der Waals surface area contributed by atoms with Gasteiger partial charge in [-0.1, -0.05) is 17.7 Å². The lowest BCUT2D eigenvalue weighted by molar-refractivity contribution is -0.889. The highest BCUT2D eigenvalue weighted by molar-refractivity contribution is 5.26. The first-order chi connectivity index (χ1) is 8.39. The van der Waals surface area contributed by atoms with Gasteiger partial charge in [0.2, 0.25) is 0 Å². The zero-order valence-corrected chi connectivity index (χ0v) is 12.4. The third kappa shape index (κ3) is 6.03. The van der Waals surface area contributed by atoms with Crippen molar-refractivity contribution in [2.75, 3.05) is 54.4 Å². The molecule has 0 aliphatic carbocycles. The number of likely N-dealkylation sites (N-methyl/N-ethyl adjacent to an activating group) is 2. The summed E-state index contributed by atoms with van der Waals surface area (Å²) < 4.78 is 6.76. The number of benzene rings is 1. The van der Waals surface area contributed by atoms with Crippen LogP contribution in [-0.2, 0) is 0 Å². The second-order valence-electron chi connectivity index (χ2n) is 5.85. The maximum Gasteiger partial charge on any atom is 0.137 e. The van der Waals surface area contributed by atoms with Gasteiger partial charge >= 0.3 is 0 Å². The summed E-state index contributed by atoms with van der Waals surface area (Å²) in [6, 6.07) is 8.24. The number of nitrogens with zero attached hydrogens (tertiary/aromatic N) is 2. The van der Waals surface area contributed by atoms with E-state index in [4.69, 9.17) is 4.74 Å². The Kier molecular flexibility index (Phi) is 5.63. The van der Waals surface area contributed by atoms with E-state index in [1.54, 1.807) is 0 Å². The molecule has 102 valence electrons. The molecule has 0 aliphatic rings. The molecule has 0 fully saturated rings. The van der Waals surface area contributed by atoms with Crippen LogP contribution in [0.1, 0.15) is 5.56 Å². The molecular weight excluding hydrogens is 224 g/mol. The van der Waals surface area contributed by atoms with E-state index >= 15 is 0 Å². The first-order valence-corrected chi connectivity index (χ1v) is 6.55. The van der Waals surface area contributed by atoms with Gasteiger partial charge in [-0.3, -0.25) is 0 Å². The van der Waals surface area contributed by atoms with Crippen molar-refractivity contribution in [3.05, 3.63) is 29.8 Å². The van der Waals surface area contributed by atoms with Crippen LogP contribution in [0.4, 0.5) is 0 Å². The van der Waals surface area contributed by atoms with Crippen molar-refractivity contribution >= 4 is 0 Å². The minimum atomic E-state index is 0.767. The Labute approximate surface area is 112 Å². The van der Waals surface area contributed by atoms with Crippen molar-refractivity contribution in [2.45, 2.75) is 6.92 Å². The number of rotatable bonds is 7. The van der Waals surface area contributed by atoms with Crippen LogP contribution in [0.5, 0.6) is 5.75 Å². The average Bonchev–Trinajstić information content (AvgIpc) is 2.29. The van der Waals surface area contributed by atoms with Gasteiger partial charge in [0.15, 0.2) is 0 Å². The second kappa shape index (κ2) is 6.76. The van der Waals surface area contributed by atoms with Crippen LogP contribution in [0.2, 0.25) is 0 Å². The molecule has 18 heavy (non-hydrogen) atoms. The fraction of sp³-hybridized carbons (Fsp3) is 0.600. The van der Waals surface area contributed by atoms with Gasteiger partial charge in [-0.15, -0.1) is 0 Å². The Morgan fingerprint density at radius 3 is 2.22 bits per heavy atom. The molecule has 0 spiro atoms. The molecule has 0 bridgehead atoms. The third-order valence-electron chi connectivity index (χ3n) is 3.14. The van der Waals surface area contributed by atoms with E-state index in [1.165, 1.54) is 5.56 Å². The van der Waals surface area contributed by atoms with Gasteiger partial charge in [0.1, 0.15) is 18.9 Å². The number of quaternary nitrogens is 1. The van der Waals surface area contributed by atoms with Crippen LogP contribution in [0.25, 0.3) is 0 Å². The third-order valence-corrected chi connectivity index (χ3v) is 3.14. The molecule has 0 saturated heterocycles. The fourth-order valence-corrected chi connectivity index (χ4v) is 1.63. The number of ether oxygens (including phenoxy) is 1. The molecule has 0 N–H and O–H groups in total. The first kappa shape index (κ1) is 15.0. The normalized spacial score (nSPS) is 11.9. The Morgan fingerprint density at radius 2 is 1.67 bits per heavy atom. The lowest BCUT2D eigenvalue weighted by atomic mass is 10.2. The highest BCUT2D eigenvalue weighted by Gasteiger charge is 2.14. The van der Waals surface area contributed by atoms with Crippen molar-refractivity contribution in [3.8, 4) is 5.75 Å². The molecular formula is C15H27N2O+. The summed E-state index contributed by atoms with van der Waals surface area (Å²) in [5, 5.41) is 0. The predicted molar refractivity (Wildman–Crippen MR) is 77.1 cm³/mol. The summed E-state index contributed by atoms with van der Waals surface area (Å²) in [6.07, 6.45) is 0. The van der Waals surface area contributed by atoms with Crippen molar-refractivity contribution in [2.24, 2.45) is 0 Å². The van der Waals surface area contributed by atoms with Crippen molar-refractivity contribution in [3.63, 3.8) is 0 Å². The monoisotopic (exact) mass is 251 g/mol. The van der Waals surface area contributed by atoms with Crippen LogP contribution in [-0.4, -0.2) is 63.8 Å². The Balaban J connectivity index is 2.29. The Morgan fingerprint density at radius 1 is 1.06 bits per heavy atom. The van der Waals surface area contributed by atoms with Gasteiger partial charge in [0, 0.05) is 6.54 Å². The molecule has 0 aliphatic heterocycles. The van der Waals surface area contributed by atoms with Crippen LogP contribution in [0.15, 0.2) is 24.3 Å². The molecule has 3 nitrogen and oxygen atoms in total. The maximum absolute atomic E-state index is 5.77. The van der Waals surface area contributed by atoms with Gasteiger partial charge in [0.05, 0.1) is 20.6 Å². The summed E-state index contributed by atoms with van der Waals surface area (Å²) in [5.74, 6) is 0.966. The highest BCUT2D eigenvalue weighted by Crippen LogP contribution is 2.11. The smallest absolute Gasteiger partial charge is 0.137 e. The lowest BCUT2D eigenvalue weighted by Gasteiger charge is -2.30. The maximum atomic E-state index is 5.77. The first-order valence-electron chi connectivity index (χ1n) is 6.55. The molecule has 1 aromatic rings. The molecule has 1 aromatic carbocycles. The lowest BCUT2D eigenvalue weighted by Crippen LogP contribution is -2.46. The number of hydrogen-bond donors (Lipinski definition) is 0. The van der Waals surface area contributed by atoms with Crippen molar-refractivity contribution in [1.29, 1.82) is 0 Å². The van der Waals surface area contributed by atoms with E-state index in [-0.39, 0.29) is 0 Å². The van der Waals surface area contributed by atoms with E-state index in [0.29, 0.717) is 0 Å². The summed E-state index contributed by atoms with van der Waals surface area (Å²) >= 11 is 0. The minimum absolute atomic E-state index is 0.767. The zero-order chi connectivity index (χ0) is 13.6. The molecule has 0 radical (unpaired) electrons. The number of hydrogen-bond acceptors (Lipinski definition) is 2. The summed E-state index contributed by atoms with van der Waals surface area (Å²) in [7, 11) is 8.73. The largest absolute Gasteiger partial charge is 0.488 e. The van der Waals surface area contributed by atoms with E-state index in [2.05, 4.69) is 52.1 Å². The van der Waals surface area contributed by atoms with Gasteiger partial charge in [-0.2, -0.15) is 0 Å². The summed E-state index contributed by atoms with van der Waals surface area (Å²) in [5.41, 5.74) is 1.27. The second-order valence-corrected chi connectivity index (χ2v) is 5.85. The predicted octanol–water partition coefficient (Wildman–Crippen LogP) is 2.01. The van der Waals surface area contributed by atoms with Crippen LogP contribution >= 0.6 is 0 Å². The van der Waals surface area contributed by atoms with Gasteiger partial charge in [0.25, 0.3) is 0 Å². The molecule has 0 atom stereocenters. The van der Waals surface area contributed by atoms with E-state index in [9.17, 15) is 0 Å². The Bertz CT molecular complexity index is 344.